The number of nitrogens with zero attached hydrogens (tertiary/aromatic N) is 2. The molecule has 0 saturated carbocycles. The van der Waals surface area contributed by atoms with Crippen molar-refractivity contribution in [2.45, 2.75) is 24.3 Å². The Labute approximate surface area is 171 Å². The third-order valence-corrected chi connectivity index (χ3v) is 7.23. The van der Waals surface area contributed by atoms with Gasteiger partial charge >= 0.3 is 0 Å². The van der Waals surface area contributed by atoms with E-state index in [9.17, 15) is 17.6 Å². The van der Waals surface area contributed by atoms with E-state index in [-0.39, 0.29) is 29.1 Å². The lowest BCUT2D eigenvalue weighted by atomic mass is 10.0. The van der Waals surface area contributed by atoms with Gasteiger partial charge in [0.1, 0.15) is 5.82 Å². The molecule has 2 fully saturated rings. The minimum Gasteiger partial charge on any atom is -0.379 e. The number of halogens is 1. The number of sulfonamides is 1. The first-order chi connectivity index (χ1) is 13.7. The van der Waals surface area contributed by atoms with Crippen LogP contribution in [0.3, 0.4) is 0 Å². The van der Waals surface area contributed by atoms with E-state index in [0.717, 1.165) is 25.2 Å². The highest BCUT2D eigenvalue weighted by Crippen LogP contribution is 2.21. The summed E-state index contributed by atoms with van der Waals surface area (Å²) in [6.07, 6.45) is 0. The van der Waals surface area contributed by atoms with Crippen molar-refractivity contribution < 1.29 is 27.1 Å². The molecule has 1 N–H and O–H groups in total. The SMILES string of the molecule is CC(C)(CNC(=O)c1cc(S(=O)(=O)N2CCOCC2)ccc1F)N1CCOCC1. The number of rotatable bonds is 6. The molecule has 0 unspecified atom stereocenters. The molecule has 0 bridgehead atoms. The van der Waals surface area contributed by atoms with E-state index in [2.05, 4.69) is 10.2 Å². The second-order valence-electron chi connectivity index (χ2n) is 7.75. The van der Waals surface area contributed by atoms with Crippen LogP contribution in [0.5, 0.6) is 0 Å². The molecule has 2 saturated heterocycles. The van der Waals surface area contributed by atoms with Crippen LogP contribution < -0.4 is 5.32 Å². The van der Waals surface area contributed by atoms with Crippen LogP contribution in [0.4, 0.5) is 4.39 Å². The van der Waals surface area contributed by atoms with Crippen LogP contribution in [0, 0.1) is 5.82 Å². The summed E-state index contributed by atoms with van der Waals surface area (Å²) < 4.78 is 51.7. The first kappa shape index (κ1) is 22.1. The summed E-state index contributed by atoms with van der Waals surface area (Å²) in [6, 6.07) is 3.32. The Kier molecular flexibility index (Phi) is 6.90. The van der Waals surface area contributed by atoms with Crippen molar-refractivity contribution in [2.75, 3.05) is 59.2 Å². The van der Waals surface area contributed by atoms with Gasteiger partial charge in [-0.1, -0.05) is 0 Å². The fourth-order valence-electron chi connectivity index (χ4n) is 3.45. The van der Waals surface area contributed by atoms with Gasteiger partial charge in [0, 0.05) is 38.3 Å². The van der Waals surface area contributed by atoms with Gasteiger partial charge in [-0.05, 0) is 32.0 Å². The van der Waals surface area contributed by atoms with Crippen LogP contribution in [0.25, 0.3) is 0 Å². The van der Waals surface area contributed by atoms with Crippen LogP contribution >= 0.6 is 0 Å². The topological polar surface area (TPSA) is 88.2 Å². The molecule has 1 aromatic rings. The van der Waals surface area contributed by atoms with E-state index < -0.39 is 21.7 Å². The predicted molar refractivity (Wildman–Crippen MR) is 105 cm³/mol. The lowest BCUT2D eigenvalue weighted by molar-refractivity contribution is -0.00924. The Morgan fingerprint density at radius 1 is 1.10 bits per heavy atom. The average molecular weight is 430 g/mol. The maximum absolute atomic E-state index is 14.3. The van der Waals surface area contributed by atoms with Crippen LogP contribution in [0.2, 0.25) is 0 Å². The molecule has 0 aromatic heterocycles. The van der Waals surface area contributed by atoms with Crippen molar-refractivity contribution in [1.29, 1.82) is 0 Å². The molecular formula is C19H28FN3O5S. The molecule has 0 atom stereocenters. The monoisotopic (exact) mass is 429 g/mol. The average Bonchev–Trinajstić information content (AvgIpc) is 2.73. The van der Waals surface area contributed by atoms with Gasteiger partial charge in [0.05, 0.1) is 36.9 Å². The molecule has 1 aromatic carbocycles. The van der Waals surface area contributed by atoms with Gasteiger partial charge in [0.15, 0.2) is 0 Å². The molecule has 0 aliphatic carbocycles. The molecule has 8 nitrogen and oxygen atoms in total. The smallest absolute Gasteiger partial charge is 0.254 e. The van der Waals surface area contributed by atoms with Gasteiger partial charge < -0.3 is 14.8 Å². The number of nitrogens with one attached hydrogen (secondary N) is 1. The number of hydrogen-bond donors (Lipinski definition) is 1. The highest BCUT2D eigenvalue weighted by molar-refractivity contribution is 7.89. The molecule has 3 rings (SSSR count). The largest absolute Gasteiger partial charge is 0.379 e. The highest BCUT2D eigenvalue weighted by atomic mass is 32.2. The number of carbonyl (C=O) groups is 1. The first-order valence-corrected chi connectivity index (χ1v) is 11.1. The molecule has 0 spiro atoms. The van der Waals surface area contributed by atoms with E-state index in [0.29, 0.717) is 33.0 Å². The molecule has 2 aliphatic rings. The standard InChI is InChI=1S/C19H28FN3O5S/c1-19(2,22-5-9-27-10-6-22)14-21-18(24)16-13-15(3-4-17(16)20)29(25,26)23-7-11-28-12-8-23/h3-4,13H,5-12,14H2,1-2H3,(H,21,24). The molecule has 2 heterocycles. The molecule has 162 valence electrons. The van der Waals surface area contributed by atoms with Gasteiger partial charge in [0.2, 0.25) is 10.0 Å². The molecule has 10 heteroatoms. The van der Waals surface area contributed by atoms with E-state index >= 15 is 0 Å². The van der Waals surface area contributed by atoms with Crippen molar-refractivity contribution in [3.63, 3.8) is 0 Å². The van der Waals surface area contributed by atoms with Crippen LogP contribution in [-0.2, 0) is 19.5 Å². The van der Waals surface area contributed by atoms with Gasteiger partial charge in [0.25, 0.3) is 5.91 Å². The number of benzene rings is 1. The van der Waals surface area contributed by atoms with E-state index in [1.54, 1.807) is 0 Å². The number of hydrogen-bond acceptors (Lipinski definition) is 6. The minimum atomic E-state index is -3.81. The fourth-order valence-corrected chi connectivity index (χ4v) is 4.88. The highest BCUT2D eigenvalue weighted by Gasteiger charge is 2.30. The van der Waals surface area contributed by atoms with Gasteiger partial charge in [-0.25, -0.2) is 12.8 Å². The predicted octanol–water partition coefficient (Wildman–Crippen LogP) is 0.687. The number of carbonyl (C=O) groups excluding carboxylic acids is 1. The lowest BCUT2D eigenvalue weighted by Crippen LogP contribution is -2.55. The fraction of sp³-hybridized carbons (Fsp3) is 0.632. The minimum absolute atomic E-state index is 0.0987. The third-order valence-electron chi connectivity index (χ3n) is 5.34. The summed E-state index contributed by atoms with van der Waals surface area (Å²) in [5.41, 5.74) is -0.620. The number of ether oxygens (including phenoxy) is 2. The molecule has 29 heavy (non-hydrogen) atoms. The van der Waals surface area contributed by atoms with Gasteiger partial charge in [-0.2, -0.15) is 4.31 Å². The normalized spacial score (nSPS) is 19.8. The summed E-state index contributed by atoms with van der Waals surface area (Å²) in [4.78, 5) is 14.7. The van der Waals surface area contributed by atoms with Crippen molar-refractivity contribution in [2.24, 2.45) is 0 Å². The van der Waals surface area contributed by atoms with Gasteiger partial charge in [-0.15, -0.1) is 0 Å². The Morgan fingerprint density at radius 3 is 2.31 bits per heavy atom. The Morgan fingerprint density at radius 2 is 1.69 bits per heavy atom. The second-order valence-corrected chi connectivity index (χ2v) is 9.69. The maximum atomic E-state index is 14.3. The Balaban J connectivity index is 1.72. The zero-order valence-corrected chi connectivity index (χ0v) is 17.6. The zero-order valence-electron chi connectivity index (χ0n) is 16.8. The van der Waals surface area contributed by atoms with Crippen molar-refractivity contribution >= 4 is 15.9 Å². The quantitative estimate of drug-likeness (QED) is 0.716. The molecule has 2 aliphatic heterocycles. The Hall–Kier alpha value is -1.59. The van der Waals surface area contributed by atoms with Crippen LogP contribution in [0.1, 0.15) is 24.2 Å². The Bertz CT molecular complexity index is 834. The van der Waals surface area contributed by atoms with Crippen molar-refractivity contribution in [3.8, 4) is 0 Å². The van der Waals surface area contributed by atoms with Crippen molar-refractivity contribution in [3.05, 3.63) is 29.6 Å². The molecule has 1 amide bonds. The second kappa shape index (κ2) is 9.05. The summed E-state index contributed by atoms with van der Waals surface area (Å²) in [5, 5.41) is 2.75. The number of morpholine rings is 2. The molecular weight excluding hydrogens is 401 g/mol. The van der Waals surface area contributed by atoms with Crippen LogP contribution in [0.15, 0.2) is 23.1 Å². The summed E-state index contributed by atoms with van der Waals surface area (Å²) in [6.45, 7) is 8.14. The van der Waals surface area contributed by atoms with Gasteiger partial charge in [-0.3, -0.25) is 9.69 Å². The third kappa shape index (κ3) is 5.13. The van der Waals surface area contributed by atoms with E-state index in [1.807, 2.05) is 13.8 Å². The number of amides is 1. The molecule has 0 radical (unpaired) electrons. The first-order valence-electron chi connectivity index (χ1n) is 9.70. The zero-order chi connectivity index (χ0) is 21.1. The summed E-state index contributed by atoms with van der Waals surface area (Å²) in [7, 11) is -3.81. The lowest BCUT2D eigenvalue weighted by Gasteiger charge is -2.40. The van der Waals surface area contributed by atoms with Crippen LogP contribution in [-0.4, -0.2) is 88.2 Å². The summed E-state index contributed by atoms with van der Waals surface area (Å²) >= 11 is 0. The maximum Gasteiger partial charge on any atom is 0.254 e. The summed E-state index contributed by atoms with van der Waals surface area (Å²) in [5.74, 6) is -1.39. The van der Waals surface area contributed by atoms with E-state index in [1.165, 1.54) is 10.4 Å². The van der Waals surface area contributed by atoms with Crippen molar-refractivity contribution in [1.82, 2.24) is 14.5 Å². The van der Waals surface area contributed by atoms with E-state index in [4.69, 9.17) is 9.47 Å².